The number of benzene rings is 2. The number of nitrogens with one attached hydrogen (secondary N) is 1. The predicted octanol–water partition coefficient (Wildman–Crippen LogP) is 4.81. The van der Waals surface area contributed by atoms with Crippen LogP contribution in [0.2, 0.25) is 5.02 Å². The normalized spacial score (nSPS) is 10.9. The molecule has 0 spiro atoms. The second kappa shape index (κ2) is 10.5. The van der Waals surface area contributed by atoms with Crippen LogP contribution in [0.5, 0.6) is 5.75 Å². The highest BCUT2D eigenvalue weighted by molar-refractivity contribution is 7.99. The Morgan fingerprint density at radius 3 is 2.62 bits per heavy atom. The summed E-state index contributed by atoms with van der Waals surface area (Å²) in [5.74, 6) is 1.53. The van der Waals surface area contributed by atoms with Gasteiger partial charge in [0.05, 0.1) is 10.7 Å². The fourth-order valence-electron chi connectivity index (χ4n) is 2.75. The highest BCUT2D eigenvalue weighted by Crippen LogP contribution is 2.27. The monoisotopic (exact) mass is 475 g/mol. The molecule has 32 heavy (non-hydrogen) atoms. The minimum atomic E-state index is -0.603. The maximum absolute atomic E-state index is 12.2. The SMILES string of the molecule is CC(C)c1ccc(OCc2nnc(SCC(=O)Nc3ccc(Cl)c([N+](=O)[O-])c3)n2C)cc1. The number of hydrogen-bond acceptors (Lipinski definition) is 7. The number of thioether (sulfide) groups is 1. The molecule has 3 aromatic rings. The third-order valence-corrected chi connectivity index (χ3v) is 5.94. The molecule has 0 bridgehead atoms. The summed E-state index contributed by atoms with van der Waals surface area (Å²) in [7, 11) is 1.79. The number of amides is 1. The van der Waals surface area contributed by atoms with E-state index in [1.54, 1.807) is 11.6 Å². The van der Waals surface area contributed by atoms with Gasteiger partial charge in [-0.25, -0.2) is 0 Å². The van der Waals surface area contributed by atoms with Gasteiger partial charge < -0.3 is 14.6 Å². The quantitative estimate of drug-likeness (QED) is 0.268. The molecule has 1 aromatic heterocycles. The summed E-state index contributed by atoms with van der Waals surface area (Å²) in [6, 6.07) is 12.0. The van der Waals surface area contributed by atoms with Crippen molar-refractivity contribution in [3.63, 3.8) is 0 Å². The lowest BCUT2D eigenvalue weighted by Crippen LogP contribution is -2.14. The van der Waals surface area contributed by atoms with Gasteiger partial charge in [0.15, 0.2) is 11.0 Å². The Kier molecular flexibility index (Phi) is 7.70. The first-order chi connectivity index (χ1) is 15.2. The van der Waals surface area contributed by atoms with Crippen LogP contribution in [0.3, 0.4) is 0 Å². The molecule has 3 rings (SSSR count). The summed E-state index contributed by atoms with van der Waals surface area (Å²) in [6.07, 6.45) is 0. The molecule has 0 fully saturated rings. The van der Waals surface area contributed by atoms with Crippen molar-refractivity contribution in [1.29, 1.82) is 0 Å². The largest absolute Gasteiger partial charge is 0.486 e. The number of rotatable bonds is 9. The third kappa shape index (κ3) is 5.98. The number of hydrogen-bond donors (Lipinski definition) is 1. The lowest BCUT2D eigenvalue weighted by atomic mass is 10.0. The van der Waals surface area contributed by atoms with Crippen LogP contribution in [0.25, 0.3) is 0 Å². The van der Waals surface area contributed by atoms with Gasteiger partial charge in [0, 0.05) is 18.8 Å². The van der Waals surface area contributed by atoms with Gasteiger partial charge in [-0.05, 0) is 35.7 Å². The zero-order valence-electron chi connectivity index (χ0n) is 17.7. The summed E-state index contributed by atoms with van der Waals surface area (Å²) in [5, 5.41) is 22.4. The predicted molar refractivity (Wildman–Crippen MR) is 123 cm³/mol. The third-order valence-electron chi connectivity index (χ3n) is 4.60. The molecule has 0 aliphatic rings. The number of carbonyl (C=O) groups excluding carboxylic acids is 1. The average molecular weight is 476 g/mol. The van der Waals surface area contributed by atoms with Crippen molar-refractivity contribution in [1.82, 2.24) is 14.8 Å². The van der Waals surface area contributed by atoms with Gasteiger partial charge in [0.1, 0.15) is 17.4 Å². The summed E-state index contributed by atoms with van der Waals surface area (Å²) in [5.41, 5.74) is 1.26. The van der Waals surface area contributed by atoms with Crippen LogP contribution >= 0.6 is 23.4 Å². The van der Waals surface area contributed by atoms with Gasteiger partial charge in [0.2, 0.25) is 5.91 Å². The zero-order chi connectivity index (χ0) is 23.3. The molecule has 0 aliphatic heterocycles. The van der Waals surface area contributed by atoms with Crippen LogP contribution in [-0.4, -0.2) is 31.3 Å². The van der Waals surface area contributed by atoms with E-state index in [9.17, 15) is 14.9 Å². The first-order valence-corrected chi connectivity index (χ1v) is 11.1. The van der Waals surface area contributed by atoms with E-state index in [1.165, 1.54) is 35.5 Å². The van der Waals surface area contributed by atoms with Crippen molar-refractivity contribution in [2.75, 3.05) is 11.1 Å². The Hall–Kier alpha value is -3.11. The van der Waals surface area contributed by atoms with E-state index in [-0.39, 0.29) is 29.0 Å². The molecule has 9 nitrogen and oxygen atoms in total. The molecule has 2 aromatic carbocycles. The van der Waals surface area contributed by atoms with E-state index in [0.29, 0.717) is 22.6 Å². The Morgan fingerprint density at radius 1 is 1.25 bits per heavy atom. The lowest BCUT2D eigenvalue weighted by Gasteiger charge is -2.09. The van der Waals surface area contributed by atoms with Crippen LogP contribution in [0.1, 0.15) is 31.2 Å². The van der Waals surface area contributed by atoms with E-state index in [4.69, 9.17) is 16.3 Å². The van der Waals surface area contributed by atoms with Crippen LogP contribution in [0.15, 0.2) is 47.6 Å². The van der Waals surface area contributed by atoms with E-state index < -0.39 is 4.92 Å². The average Bonchev–Trinajstić information content (AvgIpc) is 3.11. The summed E-state index contributed by atoms with van der Waals surface area (Å²) >= 11 is 6.98. The van der Waals surface area contributed by atoms with Gasteiger partial charge in [0.25, 0.3) is 5.69 Å². The van der Waals surface area contributed by atoms with Gasteiger partial charge in [-0.15, -0.1) is 10.2 Å². The molecule has 0 saturated carbocycles. The molecule has 0 radical (unpaired) electrons. The highest BCUT2D eigenvalue weighted by Gasteiger charge is 2.15. The number of nitro groups is 1. The highest BCUT2D eigenvalue weighted by atomic mass is 35.5. The molecular formula is C21H22ClN5O4S. The Bertz CT molecular complexity index is 1120. The number of carbonyl (C=O) groups is 1. The zero-order valence-corrected chi connectivity index (χ0v) is 19.3. The Balaban J connectivity index is 1.53. The standard InChI is InChI=1S/C21H22ClN5O4S/c1-13(2)14-4-7-16(8-5-14)31-11-19-24-25-21(26(19)3)32-12-20(28)23-15-6-9-17(22)18(10-15)27(29)30/h4-10,13H,11-12H2,1-3H3,(H,23,28). The van der Waals surface area contributed by atoms with E-state index >= 15 is 0 Å². The lowest BCUT2D eigenvalue weighted by molar-refractivity contribution is -0.384. The summed E-state index contributed by atoms with van der Waals surface area (Å²) in [6.45, 7) is 4.51. The minimum Gasteiger partial charge on any atom is -0.486 e. The van der Waals surface area contributed by atoms with Gasteiger partial charge in [-0.2, -0.15) is 0 Å². The molecule has 1 N–H and O–H groups in total. The van der Waals surface area contributed by atoms with Gasteiger partial charge in [-0.1, -0.05) is 49.3 Å². The topological polar surface area (TPSA) is 112 Å². The maximum atomic E-state index is 12.2. The van der Waals surface area contributed by atoms with Crippen molar-refractivity contribution >= 4 is 40.6 Å². The molecule has 0 atom stereocenters. The molecule has 0 unspecified atom stereocenters. The molecule has 0 saturated heterocycles. The smallest absolute Gasteiger partial charge is 0.289 e. The van der Waals surface area contributed by atoms with E-state index in [0.717, 1.165) is 5.75 Å². The minimum absolute atomic E-state index is 0.00655. The van der Waals surface area contributed by atoms with Crippen LogP contribution in [0.4, 0.5) is 11.4 Å². The van der Waals surface area contributed by atoms with Gasteiger partial charge >= 0.3 is 0 Å². The van der Waals surface area contributed by atoms with Crippen molar-refractivity contribution in [3.05, 3.63) is 69.0 Å². The summed E-state index contributed by atoms with van der Waals surface area (Å²) < 4.78 is 7.55. The molecule has 11 heteroatoms. The number of nitrogens with zero attached hydrogens (tertiary/aromatic N) is 4. The number of aromatic nitrogens is 3. The fourth-order valence-corrected chi connectivity index (χ4v) is 3.67. The Morgan fingerprint density at radius 2 is 1.97 bits per heavy atom. The Labute approximate surface area is 194 Å². The molecule has 1 heterocycles. The van der Waals surface area contributed by atoms with Crippen molar-refractivity contribution in [2.24, 2.45) is 7.05 Å². The molecule has 1 amide bonds. The summed E-state index contributed by atoms with van der Waals surface area (Å²) in [4.78, 5) is 22.6. The van der Waals surface area contributed by atoms with E-state index in [1.807, 2.05) is 24.3 Å². The van der Waals surface area contributed by atoms with Crippen LogP contribution < -0.4 is 10.1 Å². The second-order valence-corrected chi connectivity index (χ2v) is 8.58. The number of anilines is 1. The second-order valence-electron chi connectivity index (χ2n) is 7.23. The maximum Gasteiger partial charge on any atom is 0.289 e. The molecule has 0 aliphatic carbocycles. The molecular weight excluding hydrogens is 454 g/mol. The van der Waals surface area contributed by atoms with Gasteiger partial charge in [-0.3, -0.25) is 14.9 Å². The first kappa shape index (κ1) is 23.6. The first-order valence-electron chi connectivity index (χ1n) is 9.72. The van der Waals surface area contributed by atoms with E-state index in [2.05, 4.69) is 29.4 Å². The number of nitro benzene ring substituents is 1. The van der Waals surface area contributed by atoms with Crippen molar-refractivity contribution in [2.45, 2.75) is 31.5 Å². The molecule has 168 valence electrons. The van der Waals surface area contributed by atoms with Crippen LogP contribution in [-0.2, 0) is 18.4 Å². The van der Waals surface area contributed by atoms with Crippen LogP contribution in [0, 0.1) is 10.1 Å². The number of ether oxygens (including phenoxy) is 1. The fraction of sp³-hybridized carbons (Fsp3) is 0.286. The van der Waals surface area contributed by atoms with Crippen molar-refractivity contribution in [3.8, 4) is 5.75 Å². The number of halogens is 1. The van der Waals surface area contributed by atoms with Crippen molar-refractivity contribution < 1.29 is 14.5 Å².